The quantitative estimate of drug-likeness (QED) is 0.797. The number of rotatable bonds is 7. The maximum Gasteiger partial charge on any atom is 0.254 e. The van der Waals surface area contributed by atoms with E-state index in [4.69, 9.17) is 9.47 Å². The van der Waals surface area contributed by atoms with Gasteiger partial charge in [-0.15, -0.1) is 0 Å². The van der Waals surface area contributed by atoms with Crippen LogP contribution >= 0.6 is 0 Å². The number of aryl methyl sites for hydroxylation is 1. The van der Waals surface area contributed by atoms with Crippen LogP contribution in [0, 0.1) is 12.7 Å². The molecule has 1 aromatic carbocycles. The lowest BCUT2D eigenvalue weighted by atomic mass is 10.1. The van der Waals surface area contributed by atoms with Crippen LogP contribution in [0.15, 0.2) is 36.5 Å². The Morgan fingerprint density at radius 1 is 1.30 bits per heavy atom. The summed E-state index contributed by atoms with van der Waals surface area (Å²) in [5.74, 6) is -0.594. The van der Waals surface area contributed by atoms with Crippen LogP contribution in [-0.2, 0) is 11.3 Å². The molecule has 0 unspecified atom stereocenters. The fourth-order valence-corrected chi connectivity index (χ4v) is 1.99. The standard InChI is InChI=1S/C17H19FN2O3/c1-12-5-6-15(18)14(10-12)16(21)20-11-13-4-3-7-19-17(13)23-9-8-22-2/h3-7,10H,8-9,11H2,1-2H3,(H,20,21). The first-order valence-electron chi connectivity index (χ1n) is 7.22. The van der Waals surface area contributed by atoms with E-state index in [2.05, 4.69) is 10.3 Å². The van der Waals surface area contributed by atoms with Crippen molar-refractivity contribution in [3.63, 3.8) is 0 Å². The van der Waals surface area contributed by atoms with Crippen LogP contribution < -0.4 is 10.1 Å². The average Bonchev–Trinajstić information content (AvgIpc) is 2.56. The van der Waals surface area contributed by atoms with Crippen molar-refractivity contribution in [2.45, 2.75) is 13.5 Å². The Balaban J connectivity index is 2.03. The monoisotopic (exact) mass is 318 g/mol. The summed E-state index contributed by atoms with van der Waals surface area (Å²) in [5, 5.41) is 2.68. The van der Waals surface area contributed by atoms with Crippen molar-refractivity contribution in [1.82, 2.24) is 10.3 Å². The summed E-state index contributed by atoms with van der Waals surface area (Å²) in [7, 11) is 1.58. The summed E-state index contributed by atoms with van der Waals surface area (Å²) in [6.07, 6.45) is 1.60. The topological polar surface area (TPSA) is 60.5 Å². The third-order valence-corrected chi connectivity index (χ3v) is 3.18. The zero-order valence-corrected chi connectivity index (χ0v) is 13.1. The largest absolute Gasteiger partial charge is 0.475 e. The normalized spacial score (nSPS) is 10.4. The first-order chi connectivity index (χ1) is 11.1. The van der Waals surface area contributed by atoms with Crippen LogP contribution in [0.3, 0.4) is 0 Å². The predicted octanol–water partition coefficient (Wildman–Crippen LogP) is 2.48. The molecule has 0 aliphatic carbocycles. The SMILES string of the molecule is COCCOc1ncccc1CNC(=O)c1cc(C)ccc1F. The Kier molecular flexibility index (Phi) is 6.05. The zero-order chi connectivity index (χ0) is 16.7. The number of nitrogens with one attached hydrogen (secondary N) is 1. The smallest absolute Gasteiger partial charge is 0.254 e. The highest BCUT2D eigenvalue weighted by molar-refractivity contribution is 5.94. The third-order valence-electron chi connectivity index (χ3n) is 3.18. The van der Waals surface area contributed by atoms with Crippen LogP contribution in [0.5, 0.6) is 5.88 Å². The Labute approximate surface area is 134 Å². The number of benzene rings is 1. The van der Waals surface area contributed by atoms with Crippen LogP contribution in [0.4, 0.5) is 4.39 Å². The maximum atomic E-state index is 13.7. The van der Waals surface area contributed by atoms with Gasteiger partial charge in [-0.25, -0.2) is 9.37 Å². The van der Waals surface area contributed by atoms with Crippen LogP contribution in [0.1, 0.15) is 21.5 Å². The van der Waals surface area contributed by atoms with E-state index < -0.39 is 11.7 Å². The number of nitrogens with zero attached hydrogens (tertiary/aromatic N) is 1. The number of pyridine rings is 1. The molecule has 0 radical (unpaired) electrons. The number of carbonyl (C=O) groups is 1. The van der Waals surface area contributed by atoms with Crippen LogP contribution in [-0.4, -0.2) is 31.2 Å². The molecule has 6 heteroatoms. The number of carbonyl (C=O) groups excluding carboxylic acids is 1. The van der Waals surface area contributed by atoms with Crippen molar-refractivity contribution >= 4 is 5.91 Å². The summed E-state index contributed by atoms with van der Waals surface area (Å²) < 4.78 is 24.1. The first kappa shape index (κ1) is 16.9. The van der Waals surface area contributed by atoms with Crippen molar-refractivity contribution in [3.05, 3.63) is 59.0 Å². The molecular formula is C17H19FN2O3. The molecular weight excluding hydrogens is 299 g/mol. The van der Waals surface area contributed by atoms with E-state index in [9.17, 15) is 9.18 Å². The molecule has 0 spiro atoms. The van der Waals surface area contributed by atoms with E-state index in [1.807, 2.05) is 0 Å². The Morgan fingerprint density at radius 2 is 2.13 bits per heavy atom. The van der Waals surface area contributed by atoms with E-state index in [1.54, 1.807) is 38.4 Å². The lowest BCUT2D eigenvalue weighted by molar-refractivity contribution is 0.0946. The van der Waals surface area contributed by atoms with Gasteiger partial charge in [0.05, 0.1) is 12.2 Å². The summed E-state index contributed by atoms with van der Waals surface area (Å²) in [5.41, 5.74) is 1.56. The summed E-state index contributed by atoms with van der Waals surface area (Å²) in [4.78, 5) is 16.3. The molecule has 2 aromatic rings. The minimum Gasteiger partial charge on any atom is -0.475 e. The lowest BCUT2D eigenvalue weighted by Gasteiger charge is -2.11. The molecule has 5 nitrogen and oxygen atoms in total. The lowest BCUT2D eigenvalue weighted by Crippen LogP contribution is -2.24. The van der Waals surface area contributed by atoms with Gasteiger partial charge in [0.1, 0.15) is 12.4 Å². The van der Waals surface area contributed by atoms with Gasteiger partial charge in [0, 0.05) is 25.4 Å². The number of hydrogen-bond donors (Lipinski definition) is 1. The third kappa shape index (κ3) is 4.75. The van der Waals surface area contributed by atoms with E-state index in [-0.39, 0.29) is 12.1 Å². The number of hydrogen-bond acceptors (Lipinski definition) is 4. The Bertz CT molecular complexity index is 677. The average molecular weight is 318 g/mol. The van der Waals surface area contributed by atoms with Gasteiger partial charge in [-0.05, 0) is 25.1 Å². The van der Waals surface area contributed by atoms with Crippen molar-refractivity contribution in [3.8, 4) is 5.88 Å². The molecule has 1 heterocycles. The second-order valence-corrected chi connectivity index (χ2v) is 4.97. The van der Waals surface area contributed by atoms with Crippen molar-refractivity contribution in [1.29, 1.82) is 0 Å². The van der Waals surface area contributed by atoms with Crippen LogP contribution in [0.2, 0.25) is 0 Å². The van der Waals surface area contributed by atoms with Crippen molar-refractivity contribution in [2.24, 2.45) is 0 Å². The molecule has 23 heavy (non-hydrogen) atoms. The van der Waals surface area contributed by atoms with Crippen molar-refractivity contribution < 1.29 is 18.7 Å². The molecule has 0 bridgehead atoms. The number of halogens is 1. The molecule has 122 valence electrons. The predicted molar refractivity (Wildman–Crippen MR) is 83.9 cm³/mol. The first-order valence-corrected chi connectivity index (χ1v) is 7.22. The van der Waals surface area contributed by atoms with Gasteiger partial charge in [-0.2, -0.15) is 0 Å². The van der Waals surface area contributed by atoms with Gasteiger partial charge >= 0.3 is 0 Å². The number of ether oxygens (including phenoxy) is 2. The molecule has 0 saturated heterocycles. The van der Waals surface area contributed by atoms with Gasteiger partial charge in [0.25, 0.3) is 5.91 Å². The number of aromatic nitrogens is 1. The zero-order valence-electron chi connectivity index (χ0n) is 13.1. The minimum atomic E-state index is -0.546. The van der Waals surface area contributed by atoms with Crippen molar-refractivity contribution in [2.75, 3.05) is 20.3 Å². The minimum absolute atomic E-state index is 0.0238. The highest BCUT2D eigenvalue weighted by atomic mass is 19.1. The molecule has 0 atom stereocenters. The number of amides is 1. The molecule has 0 fully saturated rings. The van der Waals surface area contributed by atoms with Gasteiger partial charge in [-0.3, -0.25) is 4.79 Å². The van der Waals surface area contributed by atoms with Gasteiger partial charge in [0.15, 0.2) is 0 Å². The van der Waals surface area contributed by atoms with Gasteiger partial charge in [0.2, 0.25) is 5.88 Å². The van der Waals surface area contributed by atoms with Gasteiger partial charge < -0.3 is 14.8 Å². The highest BCUT2D eigenvalue weighted by Crippen LogP contribution is 2.15. The molecule has 0 aliphatic rings. The second-order valence-electron chi connectivity index (χ2n) is 4.97. The molecule has 0 saturated carbocycles. The summed E-state index contributed by atoms with van der Waals surface area (Å²) in [6.45, 7) is 2.80. The molecule has 1 aromatic heterocycles. The van der Waals surface area contributed by atoms with Crippen LogP contribution in [0.25, 0.3) is 0 Å². The van der Waals surface area contributed by atoms with E-state index in [1.165, 1.54) is 12.1 Å². The fourth-order valence-electron chi connectivity index (χ4n) is 1.99. The van der Waals surface area contributed by atoms with Gasteiger partial charge in [-0.1, -0.05) is 17.7 Å². The van der Waals surface area contributed by atoms with E-state index in [0.29, 0.717) is 24.7 Å². The number of methoxy groups -OCH3 is 1. The summed E-state index contributed by atoms with van der Waals surface area (Å²) in [6, 6.07) is 7.96. The van der Waals surface area contributed by atoms with E-state index in [0.717, 1.165) is 5.56 Å². The summed E-state index contributed by atoms with van der Waals surface area (Å²) >= 11 is 0. The maximum absolute atomic E-state index is 13.7. The highest BCUT2D eigenvalue weighted by Gasteiger charge is 2.13. The Hall–Kier alpha value is -2.47. The fraction of sp³-hybridized carbons (Fsp3) is 0.294. The molecule has 2 rings (SSSR count). The second kappa shape index (κ2) is 8.24. The van der Waals surface area contributed by atoms with E-state index >= 15 is 0 Å². The Morgan fingerprint density at radius 3 is 2.91 bits per heavy atom. The molecule has 1 amide bonds. The molecule has 1 N–H and O–H groups in total. The molecule has 0 aliphatic heterocycles.